The zero-order valence-electron chi connectivity index (χ0n) is 17.3. The number of nitrogens with zero attached hydrogens (tertiary/aromatic N) is 1. The van der Waals surface area contributed by atoms with Crippen LogP contribution in [0.3, 0.4) is 0 Å². The molecule has 5 nitrogen and oxygen atoms in total. The number of ketones is 1. The number of ether oxygens (including phenoxy) is 1. The molecule has 1 aliphatic heterocycles. The van der Waals surface area contributed by atoms with Gasteiger partial charge in [0, 0.05) is 10.7 Å². The van der Waals surface area contributed by atoms with Crippen LogP contribution in [-0.4, -0.2) is 23.9 Å². The number of anilines is 1. The van der Waals surface area contributed by atoms with Gasteiger partial charge in [-0.3, -0.25) is 14.5 Å². The molecule has 32 heavy (non-hydrogen) atoms. The van der Waals surface area contributed by atoms with Gasteiger partial charge in [0.05, 0.1) is 24.3 Å². The molecule has 0 saturated carbocycles. The second-order valence-electron chi connectivity index (χ2n) is 7.40. The van der Waals surface area contributed by atoms with Crippen molar-refractivity contribution in [3.8, 4) is 5.75 Å². The first-order valence-electron chi connectivity index (χ1n) is 9.79. The number of hydrogen-bond acceptors (Lipinski definition) is 4. The average Bonchev–Trinajstić information content (AvgIpc) is 3.04. The first-order valence-corrected chi connectivity index (χ1v) is 10.2. The van der Waals surface area contributed by atoms with Crippen LogP contribution in [0.15, 0.2) is 72.3 Å². The van der Waals surface area contributed by atoms with E-state index in [-0.39, 0.29) is 16.9 Å². The van der Waals surface area contributed by atoms with Crippen LogP contribution in [0.25, 0.3) is 5.76 Å². The zero-order valence-corrected chi connectivity index (χ0v) is 18.1. The number of amides is 1. The lowest BCUT2D eigenvalue weighted by molar-refractivity contribution is -0.132. The van der Waals surface area contributed by atoms with Gasteiger partial charge in [0.25, 0.3) is 11.7 Å². The van der Waals surface area contributed by atoms with Gasteiger partial charge >= 0.3 is 0 Å². The second-order valence-corrected chi connectivity index (χ2v) is 7.84. The molecule has 0 spiro atoms. The molecule has 1 amide bonds. The lowest BCUT2D eigenvalue weighted by Crippen LogP contribution is -2.29. The van der Waals surface area contributed by atoms with E-state index in [9.17, 15) is 19.1 Å². The van der Waals surface area contributed by atoms with Gasteiger partial charge in [-0.25, -0.2) is 4.39 Å². The van der Waals surface area contributed by atoms with Gasteiger partial charge < -0.3 is 9.84 Å². The van der Waals surface area contributed by atoms with E-state index in [4.69, 9.17) is 16.3 Å². The van der Waals surface area contributed by atoms with Crippen molar-refractivity contribution in [1.29, 1.82) is 0 Å². The molecule has 0 aromatic heterocycles. The maximum absolute atomic E-state index is 14.0. The highest BCUT2D eigenvalue weighted by atomic mass is 35.5. The van der Waals surface area contributed by atoms with Crippen molar-refractivity contribution in [3.05, 3.63) is 99.8 Å². The summed E-state index contributed by atoms with van der Waals surface area (Å²) >= 11 is 6.00. The first kappa shape index (κ1) is 21.6. The summed E-state index contributed by atoms with van der Waals surface area (Å²) < 4.78 is 19.2. The van der Waals surface area contributed by atoms with E-state index in [1.807, 2.05) is 19.1 Å². The van der Waals surface area contributed by atoms with Crippen LogP contribution in [0.1, 0.15) is 22.7 Å². The number of carbonyl (C=O) groups excluding carboxylic acids is 2. The Balaban J connectivity index is 1.99. The maximum Gasteiger partial charge on any atom is 0.300 e. The van der Waals surface area contributed by atoms with Gasteiger partial charge in [0.2, 0.25) is 0 Å². The highest BCUT2D eigenvalue weighted by Crippen LogP contribution is 2.43. The quantitative estimate of drug-likeness (QED) is 0.326. The summed E-state index contributed by atoms with van der Waals surface area (Å²) in [7, 11) is 1.37. The Labute approximate surface area is 189 Å². The van der Waals surface area contributed by atoms with Gasteiger partial charge in [0.1, 0.15) is 17.3 Å². The third-order valence-corrected chi connectivity index (χ3v) is 5.58. The second kappa shape index (κ2) is 8.48. The zero-order chi connectivity index (χ0) is 23.0. The number of hydrogen-bond donors (Lipinski definition) is 1. The van der Waals surface area contributed by atoms with Crippen LogP contribution in [0.4, 0.5) is 10.1 Å². The Morgan fingerprint density at radius 1 is 1.06 bits per heavy atom. The molecular weight excluding hydrogens is 433 g/mol. The van der Waals surface area contributed by atoms with Gasteiger partial charge in [-0.05, 0) is 55.0 Å². The first-order chi connectivity index (χ1) is 15.3. The Kier molecular flexibility index (Phi) is 5.72. The van der Waals surface area contributed by atoms with E-state index in [2.05, 4.69) is 0 Å². The number of rotatable bonds is 4. The number of Topliss-reactive ketones (excluding diaryl/α,β-unsaturated/α-hetero) is 1. The summed E-state index contributed by atoms with van der Waals surface area (Å²) in [6.45, 7) is 1.88. The smallest absolute Gasteiger partial charge is 0.300 e. The molecule has 162 valence electrons. The number of carbonyl (C=O) groups is 2. The summed E-state index contributed by atoms with van der Waals surface area (Å²) in [4.78, 5) is 27.6. The lowest BCUT2D eigenvalue weighted by Gasteiger charge is -2.26. The number of aliphatic hydroxyl groups excluding tert-OH is 1. The fourth-order valence-corrected chi connectivity index (χ4v) is 3.99. The molecule has 7 heteroatoms. The van der Waals surface area contributed by atoms with Crippen molar-refractivity contribution in [2.75, 3.05) is 12.0 Å². The van der Waals surface area contributed by atoms with Crippen molar-refractivity contribution >= 4 is 34.7 Å². The largest absolute Gasteiger partial charge is 0.507 e. The summed E-state index contributed by atoms with van der Waals surface area (Å²) in [6, 6.07) is 16.4. The Morgan fingerprint density at radius 3 is 2.44 bits per heavy atom. The van der Waals surface area contributed by atoms with E-state index < -0.39 is 29.3 Å². The SMILES string of the molecule is COc1ccc(F)cc1/C(O)=C1\C(=O)C(=O)N(c2ccc(Cl)cc2)C1c1cccc(C)c1. The Hall–Kier alpha value is -3.64. The number of halogens is 2. The van der Waals surface area contributed by atoms with E-state index in [0.717, 1.165) is 11.6 Å². The van der Waals surface area contributed by atoms with Crippen LogP contribution in [0, 0.1) is 12.7 Å². The summed E-state index contributed by atoms with van der Waals surface area (Å²) in [6.07, 6.45) is 0. The van der Waals surface area contributed by atoms with Crippen molar-refractivity contribution in [1.82, 2.24) is 0 Å². The molecule has 1 N–H and O–H groups in total. The standard InChI is InChI=1S/C25H19ClFNO4/c1-14-4-3-5-15(12-14)22-21(23(29)19-13-17(27)8-11-20(19)32-2)24(30)25(31)28(22)18-9-6-16(26)7-10-18/h3-13,22,29H,1-2H3/b23-21+. The van der Waals surface area contributed by atoms with Crippen LogP contribution in [0.5, 0.6) is 5.75 Å². The molecule has 1 heterocycles. The number of aliphatic hydroxyl groups is 1. The summed E-state index contributed by atoms with van der Waals surface area (Å²) in [5, 5.41) is 11.6. The van der Waals surface area contributed by atoms with Crippen molar-refractivity contribution in [2.45, 2.75) is 13.0 Å². The number of methoxy groups -OCH3 is 1. The molecule has 3 aromatic rings. The fourth-order valence-electron chi connectivity index (χ4n) is 3.87. The van der Waals surface area contributed by atoms with Crippen molar-refractivity contribution in [3.63, 3.8) is 0 Å². The van der Waals surface area contributed by atoms with E-state index in [1.54, 1.807) is 36.4 Å². The molecular formula is C25H19ClFNO4. The highest BCUT2D eigenvalue weighted by Gasteiger charge is 2.47. The van der Waals surface area contributed by atoms with E-state index in [0.29, 0.717) is 16.3 Å². The van der Waals surface area contributed by atoms with Crippen LogP contribution in [-0.2, 0) is 9.59 Å². The van der Waals surface area contributed by atoms with Crippen LogP contribution in [0.2, 0.25) is 5.02 Å². The monoisotopic (exact) mass is 451 g/mol. The molecule has 0 bridgehead atoms. The van der Waals surface area contributed by atoms with Crippen LogP contribution >= 0.6 is 11.6 Å². The van der Waals surface area contributed by atoms with Gasteiger partial charge in [-0.15, -0.1) is 0 Å². The minimum absolute atomic E-state index is 0.0146. The predicted octanol–water partition coefficient (Wildman–Crippen LogP) is 5.42. The molecule has 1 unspecified atom stereocenters. The minimum atomic E-state index is -0.927. The highest BCUT2D eigenvalue weighted by molar-refractivity contribution is 6.51. The molecule has 0 radical (unpaired) electrons. The number of benzene rings is 3. The topological polar surface area (TPSA) is 66.8 Å². The van der Waals surface area contributed by atoms with Gasteiger partial charge in [-0.2, -0.15) is 0 Å². The molecule has 1 saturated heterocycles. The van der Waals surface area contributed by atoms with Gasteiger partial charge in [-0.1, -0.05) is 41.4 Å². The molecule has 3 aromatic carbocycles. The Bertz CT molecular complexity index is 1250. The normalized spacial score (nSPS) is 17.6. The molecule has 1 atom stereocenters. The molecule has 4 rings (SSSR count). The Morgan fingerprint density at radius 2 is 1.78 bits per heavy atom. The predicted molar refractivity (Wildman–Crippen MR) is 120 cm³/mol. The molecule has 1 aliphatic rings. The van der Waals surface area contributed by atoms with E-state index in [1.165, 1.54) is 24.1 Å². The van der Waals surface area contributed by atoms with Crippen molar-refractivity contribution < 1.29 is 23.8 Å². The average molecular weight is 452 g/mol. The molecule has 0 aliphatic carbocycles. The lowest BCUT2D eigenvalue weighted by atomic mass is 9.94. The third-order valence-electron chi connectivity index (χ3n) is 5.32. The fraction of sp³-hybridized carbons (Fsp3) is 0.120. The minimum Gasteiger partial charge on any atom is -0.507 e. The van der Waals surface area contributed by atoms with Gasteiger partial charge in [0.15, 0.2) is 0 Å². The molecule has 1 fully saturated rings. The maximum atomic E-state index is 14.0. The van der Waals surface area contributed by atoms with E-state index >= 15 is 0 Å². The van der Waals surface area contributed by atoms with Crippen LogP contribution < -0.4 is 9.64 Å². The number of aryl methyl sites for hydroxylation is 1. The summed E-state index contributed by atoms with van der Waals surface area (Å²) in [5.41, 5.74) is 1.80. The van der Waals surface area contributed by atoms with Crippen molar-refractivity contribution in [2.24, 2.45) is 0 Å². The summed E-state index contributed by atoms with van der Waals surface area (Å²) in [5.74, 6) is -2.65. The third kappa shape index (κ3) is 3.74.